The van der Waals surface area contributed by atoms with E-state index in [1.807, 2.05) is 0 Å². The molecular formula is CH3KN2S. The van der Waals surface area contributed by atoms with Gasteiger partial charge in [-0.25, -0.2) is 0 Å². The second-order valence-corrected chi connectivity index (χ2v) is 0.627. The van der Waals surface area contributed by atoms with Gasteiger partial charge in [0.15, 0.2) is 0 Å². The van der Waals surface area contributed by atoms with Crippen molar-refractivity contribution in [1.82, 2.24) is 0 Å². The third kappa shape index (κ3) is 10.8. The van der Waals surface area contributed by atoms with E-state index in [4.69, 9.17) is 5.26 Å². The van der Waals surface area contributed by atoms with Gasteiger partial charge >= 0.3 is 51.4 Å². The molecule has 5 heavy (non-hydrogen) atoms. The monoisotopic (exact) mass is 114 g/mol. The maximum atomic E-state index is 7.46. The average Bonchev–Trinajstić information content (AvgIpc) is 1.37. The van der Waals surface area contributed by atoms with Gasteiger partial charge in [-0.3, -0.25) is 5.14 Å². The van der Waals surface area contributed by atoms with Crippen molar-refractivity contribution >= 4 is 63.3 Å². The molecule has 0 aromatic rings. The van der Waals surface area contributed by atoms with Gasteiger partial charge in [0.2, 0.25) is 0 Å². The van der Waals surface area contributed by atoms with E-state index < -0.39 is 0 Å². The molecule has 0 rings (SSSR count). The summed E-state index contributed by atoms with van der Waals surface area (Å²) >= 11 is 0.662. The number of rotatable bonds is 0. The molecule has 0 unspecified atom stereocenters. The van der Waals surface area contributed by atoms with Crippen molar-refractivity contribution in [1.29, 1.82) is 5.26 Å². The van der Waals surface area contributed by atoms with Crippen LogP contribution in [0.25, 0.3) is 0 Å². The van der Waals surface area contributed by atoms with Crippen molar-refractivity contribution in [2.24, 2.45) is 5.14 Å². The van der Waals surface area contributed by atoms with Crippen LogP contribution in [0.5, 0.6) is 0 Å². The Bertz CT molecular complexity index is 39.4. The summed E-state index contributed by atoms with van der Waals surface area (Å²) < 4.78 is 0. The van der Waals surface area contributed by atoms with Crippen molar-refractivity contribution in [2.75, 3.05) is 0 Å². The molecule has 0 saturated carbocycles. The average molecular weight is 114 g/mol. The molecule has 0 heterocycles. The SMILES string of the molecule is N#CSN.[KH]. The number of nitrogens with zero attached hydrogens (tertiary/aromatic N) is 1. The molecule has 0 aromatic carbocycles. The number of hydrogen-bond donors (Lipinski definition) is 1. The summed E-state index contributed by atoms with van der Waals surface area (Å²) in [6, 6.07) is 0. The first kappa shape index (κ1) is 9.67. The molecule has 0 bridgehead atoms. The van der Waals surface area contributed by atoms with Crippen molar-refractivity contribution in [3.05, 3.63) is 0 Å². The van der Waals surface area contributed by atoms with E-state index in [-0.39, 0.29) is 51.4 Å². The summed E-state index contributed by atoms with van der Waals surface area (Å²) in [6.45, 7) is 0. The minimum atomic E-state index is 0. The molecule has 2 N–H and O–H groups in total. The third-order valence-corrected chi connectivity index (χ3v) is 0.158. The Kier molecular flexibility index (Phi) is 17.5. The molecular weight excluding hydrogens is 111 g/mol. The molecule has 2 nitrogen and oxygen atoms in total. The summed E-state index contributed by atoms with van der Waals surface area (Å²) in [5.41, 5.74) is 0. The Hall–Kier alpha value is 1.44. The first-order chi connectivity index (χ1) is 1.91. The van der Waals surface area contributed by atoms with Crippen LogP contribution in [-0.4, -0.2) is 51.4 Å². The topological polar surface area (TPSA) is 49.8 Å². The first-order valence-electron chi connectivity index (χ1n) is 0.663. The number of nitriles is 1. The fourth-order valence-electron chi connectivity index (χ4n) is 0. The molecule has 0 radical (unpaired) electrons. The van der Waals surface area contributed by atoms with E-state index in [1.165, 1.54) is 0 Å². The molecule has 0 saturated heterocycles. The standard InChI is InChI=1S/CH2N2S.K.H/c2-1-4-3;;/h3H2;;. The zero-order chi connectivity index (χ0) is 3.41. The maximum absolute atomic E-state index is 7.46. The first-order valence-corrected chi connectivity index (χ1v) is 1.54. The molecule has 0 amide bonds. The van der Waals surface area contributed by atoms with Gasteiger partial charge in [-0.2, -0.15) is 5.26 Å². The summed E-state index contributed by atoms with van der Waals surface area (Å²) in [5.74, 6) is 0. The van der Waals surface area contributed by atoms with Gasteiger partial charge in [0.05, 0.1) is 0 Å². The van der Waals surface area contributed by atoms with Crippen molar-refractivity contribution < 1.29 is 0 Å². The van der Waals surface area contributed by atoms with E-state index in [9.17, 15) is 0 Å². The van der Waals surface area contributed by atoms with Crippen LogP contribution in [0.2, 0.25) is 0 Å². The Morgan fingerprint density at radius 2 is 2.00 bits per heavy atom. The molecule has 0 spiro atoms. The van der Waals surface area contributed by atoms with Crippen molar-refractivity contribution in [3.8, 4) is 5.40 Å². The number of hydrogen-bond acceptors (Lipinski definition) is 3. The fourth-order valence-corrected chi connectivity index (χ4v) is 0. The van der Waals surface area contributed by atoms with Gasteiger partial charge in [-0.1, -0.05) is 0 Å². The van der Waals surface area contributed by atoms with Crippen LogP contribution >= 0.6 is 11.9 Å². The number of nitrogens with two attached hydrogens (primary N) is 1. The molecule has 24 valence electrons. The van der Waals surface area contributed by atoms with Crippen LogP contribution in [0.3, 0.4) is 0 Å². The van der Waals surface area contributed by atoms with Crippen LogP contribution in [0.4, 0.5) is 0 Å². The third-order valence-electron chi connectivity index (χ3n) is 0.0527. The van der Waals surface area contributed by atoms with Crippen LogP contribution < -0.4 is 5.14 Å². The molecule has 0 aromatic heterocycles. The zero-order valence-electron chi connectivity index (χ0n) is 1.93. The summed E-state index contributed by atoms with van der Waals surface area (Å²) in [7, 11) is 0. The van der Waals surface area contributed by atoms with Crippen LogP contribution in [-0.2, 0) is 0 Å². The van der Waals surface area contributed by atoms with E-state index in [0.29, 0.717) is 11.9 Å². The molecule has 4 heteroatoms. The normalized spacial score (nSPS) is 4.00. The molecule has 0 fully saturated rings. The Morgan fingerprint density at radius 1 is 1.80 bits per heavy atom. The Labute approximate surface area is 77.7 Å². The Morgan fingerprint density at radius 3 is 2.00 bits per heavy atom. The van der Waals surface area contributed by atoms with Crippen LogP contribution in [0.1, 0.15) is 0 Å². The van der Waals surface area contributed by atoms with Gasteiger partial charge in [-0.15, -0.1) is 0 Å². The Balaban J connectivity index is 0. The van der Waals surface area contributed by atoms with E-state index in [2.05, 4.69) is 5.14 Å². The van der Waals surface area contributed by atoms with Crippen LogP contribution in [0, 0.1) is 10.7 Å². The number of thiocyanates is 1. The second-order valence-electron chi connectivity index (χ2n) is 0.209. The zero-order valence-corrected chi connectivity index (χ0v) is 2.75. The van der Waals surface area contributed by atoms with E-state index in [1.54, 1.807) is 5.40 Å². The summed E-state index contributed by atoms with van der Waals surface area (Å²) in [4.78, 5) is 0. The second kappa shape index (κ2) is 9.06. The van der Waals surface area contributed by atoms with Crippen molar-refractivity contribution in [3.63, 3.8) is 0 Å². The molecule has 0 atom stereocenters. The van der Waals surface area contributed by atoms with E-state index >= 15 is 0 Å². The minimum absolute atomic E-state index is 0. The van der Waals surface area contributed by atoms with Gasteiger partial charge in [0.1, 0.15) is 5.40 Å². The summed E-state index contributed by atoms with van der Waals surface area (Å²) in [6.07, 6.45) is 0. The summed E-state index contributed by atoms with van der Waals surface area (Å²) in [5, 5.41) is 13.7. The van der Waals surface area contributed by atoms with Crippen LogP contribution in [0.15, 0.2) is 0 Å². The predicted octanol–water partition coefficient (Wildman–Crippen LogP) is -0.574. The molecule has 0 aliphatic carbocycles. The predicted molar refractivity (Wildman–Crippen MR) is 24.5 cm³/mol. The quantitative estimate of drug-likeness (QED) is 0.260. The molecule has 0 aliphatic rings. The molecule has 0 aliphatic heterocycles. The van der Waals surface area contributed by atoms with Crippen molar-refractivity contribution in [2.45, 2.75) is 0 Å². The van der Waals surface area contributed by atoms with Gasteiger partial charge in [0.25, 0.3) is 0 Å². The van der Waals surface area contributed by atoms with Gasteiger partial charge < -0.3 is 0 Å². The van der Waals surface area contributed by atoms with Gasteiger partial charge in [-0.05, 0) is 0 Å². The van der Waals surface area contributed by atoms with E-state index in [0.717, 1.165) is 0 Å². The fraction of sp³-hybridized carbons (Fsp3) is 0. The van der Waals surface area contributed by atoms with Gasteiger partial charge in [0, 0.05) is 11.9 Å².